The van der Waals surface area contributed by atoms with Crippen molar-refractivity contribution in [2.75, 3.05) is 0 Å². The second-order valence-corrected chi connectivity index (χ2v) is 5.64. The SMILES string of the molecule is N#CSc1ccc2[nH]c3ccc(SC#N)cc3c2c1. The van der Waals surface area contributed by atoms with Crippen LogP contribution in [0.3, 0.4) is 0 Å². The first-order valence-corrected chi connectivity index (χ1v) is 7.12. The Kier molecular flexibility index (Phi) is 3.08. The number of aromatic nitrogens is 1. The van der Waals surface area contributed by atoms with Crippen LogP contribution in [-0.2, 0) is 0 Å². The van der Waals surface area contributed by atoms with Crippen molar-refractivity contribution in [1.82, 2.24) is 4.98 Å². The Bertz CT molecular complexity index is 782. The van der Waals surface area contributed by atoms with Crippen molar-refractivity contribution in [2.45, 2.75) is 9.79 Å². The molecule has 2 aromatic carbocycles. The number of nitriles is 2. The van der Waals surface area contributed by atoms with Crippen LogP contribution in [0, 0.1) is 21.3 Å². The number of fused-ring (bicyclic) bond motifs is 3. The maximum absolute atomic E-state index is 8.74. The zero-order chi connectivity index (χ0) is 13.2. The molecule has 0 atom stereocenters. The van der Waals surface area contributed by atoms with Gasteiger partial charge in [-0.15, -0.1) is 0 Å². The summed E-state index contributed by atoms with van der Waals surface area (Å²) in [5.41, 5.74) is 2.08. The minimum absolute atomic E-state index is 0.925. The first-order valence-electron chi connectivity index (χ1n) is 5.49. The van der Waals surface area contributed by atoms with E-state index in [2.05, 4.69) is 15.8 Å². The second kappa shape index (κ2) is 4.89. The topological polar surface area (TPSA) is 63.4 Å². The van der Waals surface area contributed by atoms with Crippen LogP contribution in [0.15, 0.2) is 46.2 Å². The van der Waals surface area contributed by atoms with Crippen LogP contribution in [-0.4, -0.2) is 4.98 Å². The molecule has 0 amide bonds. The minimum Gasteiger partial charge on any atom is -0.355 e. The summed E-state index contributed by atoms with van der Waals surface area (Å²) in [5.74, 6) is 0. The molecule has 90 valence electrons. The fraction of sp³-hybridized carbons (Fsp3) is 0. The Balaban J connectivity index is 2.26. The molecule has 1 heterocycles. The molecule has 3 nitrogen and oxygen atoms in total. The molecule has 0 spiro atoms. The van der Waals surface area contributed by atoms with Gasteiger partial charge in [-0.25, -0.2) is 0 Å². The van der Waals surface area contributed by atoms with Crippen molar-refractivity contribution in [3.63, 3.8) is 0 Å². The van der Waals surface area contributed by atoms with Gasteiger partial charge in [0.15, 0.2) is 0 Å². The lowest BCUT2D eigenvalue weighted by Gasteiger charge is -1.96. The van der Waals surface area contributed by atoms with Crippen molar-refractivity contribution in [1.29, 1.82) is 10.5 Å². The summed E-state index contributed by atoms with van der Waals surface area (Å²) >= 11 is 2.30. The molecule has 0 radical (unpaired) electrons. The molecule has 3 rings (SSSR count). The van der Waals surface area contributed by atoms with E-state index in [1.54, 1.807) is 0 Å². The number of nitrogens with one attached hydrogen (secondary N) is 1. The number of thioether (sulfide) groups is 2. The molecule has 5 heteroatoms. The number of nitrogens with zero attached hydrogens (tertiary/aromatic N) is 2. The predicted octanol–water partition coefficient (Wildman–Crippen LogP) is 4.47. The van der Waals surface area contributed by atoms with Crippen LogP contribution in [0.2, 0.25) is 0 Å². The van der Waals surface area contributed by atoms with Gasteiger partial charge in [0.2, 0.25) is 0 Å². The van der Waals surface area contributed by atoms with E-state index in [1.165, 1.54) is 0 Å². The van der Waals surface area contributed by atoms with Crippen molar-refractivity contribution >= 4 is 45.3 Å². The molecule has 0 aliphatic heterocycles. The van der Waals surface area contributed by atoms with Crippen LogP contribution in [0.4, 0.5) is 0 Å². The third-order valence-corrected chi connectivity index (χ3v) is 4.03. The second-order valence-electron chi connectivity index (χ2n) is 3.93. The smallest absolute Gasteiger partial charge is 0.138 e. The van der Waals surface area contributed by atoms with E-state index < -0.39 is 0 Å². The highest BCUT2D eigenvalue weighted by atomic mass is 32.2. The monoisotopic (exact) mass is 281 g/mol. The van der Waals surface area contributed by atoms with E-state index in [4.69, 9.17) is 10.5 Å². The number of hydrogen-bond donors (Lipinski definition) is 1. The number of rotatable bonds is 2. The van der Waals surface area contributed by atoms with Gasteiger partial charge in [0.05, 0.1) is 0 Å². The zero-order valence-electron chi connectivity index (χ0n) is 9.68. The maximum atomic E-state index is 8.74. The third-order valence-electron chi connectivity index (χ3n) is 2.87. The summed E-state index contributed by atoms with van der Waals surface area (Å²) in [4.78, 5) is 5.18. The summed E-state index contributed by atoms with van der Waals surface area (Å²) in [6, 6.07) is 11.8. The molecule has 0 fully saturated rings. The Morgan fingerprint density at radius 2 is 1.26 bits per heavy atom. The molecule has 0 saturated heterocycles. The first kappa shape index (κ1) is 12.0. The van der Waals surface area contributed by atoms with E-state index in [9.17, 15) is 0 Å². The van der Waals surface area contributed by atoms with Gasteiger partial charge < -0.3 is 4.98 Å². The van der Waals surface area contributed by atoms with Gasteiger partial charge >= 0.3 is 0 Å². The summed E-state index contributed by atoms with van der Waals surface area (Å²) in [5, 5.41) is 23.8. The molecule has 0 bridgehead atoms. The van der Waals surface area contributed by atoms with Gasteiger partial charge in [0.25, 0.3) is 0 Å². The lowest BCUT2D eigenvalue weighted by molar-refractivity contribution is 1.47. The fourth-order valence-electron chi connectivity index (χ4n) is 2.09. The molecular formula is C14H7N3S2. The number of hydrogen-bond acceptors (Lipinski definition) is 4. The highest BCUT2D eigenvalue weighted by Gasteiger charge is 2.06. The molecule has 0 saturated carbocycles. The average molecular weight is 281 g/mol. The number of thiocyanates is 2. The predicted molar refractivity (Wildman–Crippen MR) is 78.7 cm³/mol. The highest BCUT2D eigenvalue weighted by molar-refractivity contribution is 8.04. The summed E-state index contributed by atoms with van der Waals surface area (Å²) in [6.07, 6.45) is 0. The number of aromatic amines is 1. The first-order chi connectivity index (χ1) is 9.31. The van der Waals surface area contributed by atoms with Crippen LogP contribution in [0.25, 0.3) is 21.8 Å². The Hall–Kier alpha value is -2.08. The van der Waals surface area contributed by atoms with Crippen molar-refractivity contribution in [3.8, 4) is 10.8 Å². The largest absolute Gasteiger partial charge is 0.355 e. The van der Waals surface area contributed by atoms with Gasteiger partial charge in [-0.3, -0.25) is 0 Å². The fourth-order valence-corrected chi connectivity index (χ4v) is 2.92. The number of benzene rings is 2. The molecule has 0 aliphatic rings. The molecule has 3 aromatic rings. The molecular weight excluding hydrogens is 274 g/mol. The van der Waals surface area contributed by atoms with E-state index in [0.29, 0.717) is 0 Å². The Morgan fingerprint density at radius 1 is 0.789 bits per heavy atom. The lowest BCUT2D eigenvalue weighted by Crippen LogP contribution is -1.71. The molecule has 0 aliphatic carbocycles. The van der Waals surface area contributed by atoms with E-state index in [1.807, 2.05) is 36.4 Å². The van der Waals surface area contributed by atoms with Crippen LogP contribution in [0.5, 0.6) is 0 Å². The van der Waals surface area contributed by atoms with E-state index >= 15 is 0 Å². The number of H-pyrrole nitrogens is 1. The zero-order valence-corrected chi connectivity index (χ0v) is 11.3. The van der Waals surface area contributed by atoms with Gasteiger partial charge in [-0.1, -0.05) is 0 Å². The van der Waals surface area contributed by atoms with E-state index in [0.717, 1.165) is 55.1 Å². The molecule has 1 N–H and O–H groups in total. The molecule has 0 unspecified atom stereocenters. The summed E-state index contributed by atoms with van der Waals surface area (Å²) in [7, 11) is 0. The Morgan fingerprint density at radius 3 is 1.68 bits per heavy atom. The normalized spacial score (nSPS) is 10.4. The quantitative estimate of drug-likeness (QED) is 0.556. The van der Waals surface area contributed by atoms with Crippen LogP contribution < -0.4 is 0 Å². The Labute approximate surface area is 118 Å². The third kappa shape index (κ3) is 2.15. The van der Waals surface area contributed by atoms with Crippen molar-refractivity contribution < 1.29 is 0 Å². The average Bonchev–Trinajstić information content (AvgIpc) is 2.77. The standard InChI is InChI=1S/C14H7N3S2/c15-7-18-9-1-3-13-11(5-9)12-6-10(19-8-16)2-4-14(12)17-13/h1-6,17H. The van der Waals surface area contributed by atoms with Gasteiger partial charge in [-0.05, 0) is 59.9 Å². The van der Waals surface area contributed by atoms with Crippen molar-refractivity contribution in [3.05, 3.63) is 36.4 Å². The van der Waals surface area contributed by atoms with Gasteiger partial charge in [0.1, 0.15) is 10.8 Å². The van der Waals surface area contributed by atoms with Crippen LogP contribution in [0.1, 0.15) is 0 Å². The minimum atomic E-state index is 0.925. The summed E-state index contributed by atoms with van der Waals surface area (Å²) in [6.45, 7) is 0. The maximum Gasteiger partial charge on any atom is 0.138 e. The molecule has 1 aromatic heterocycles. The lowest BCUT2D eigenvalue weighted by atomic mass is 10.1. The van der Waals surface area contributed by atoms with Crippen LogP contribution >= 0.6 is 23.5 Å². The van der Waals surface area contributed by atoms with Gasteiger partial charge in [-0.2, -0.15) is 10.5 Å². The molecule has 19 heavy (non-hydrogen) atoms. The van der Waals surface area contributed by atoms with Gasteiger partial charge in [0, 0.05) is 31.6 Å². The van der Waals surface area contributed by atoms with Crippen molar-refractivity contribution in [2.24, 2.45) is 0 Å². The van der Waals surface area contributed by atoms with E-state index in [-0.39, 0.29) is 0 Å². The highest BCUT2D eigenvalue weighted by Crippen LogP contribution is 2.31. The summed E-state index contributed by atoms with van der Waals surface area (Å²) < 4.78 is 0.